The van der Waals surface area contributed by atoms with Crippen LogP contribution in [-0.2, 0) is 0 Å². The molecule has 5 nitrogen and oxygen atoms in total. The Hall–Kier alpha value is -3.05. The monoisotopic (exact) mass is 378 g/mol. The lowest BCUT2D eigenvalue weighted by Gasteiger charge is -2.13. The summed E-state index contributed by atoms with van der Waals surface area (Å²) in [5.74, 6) is -0.179. The standard InChI is InChI=1S/C21H19ClN4O/c22-15-3-1-4-16(11-15)26-21(27)17-13-25-19-6-2-5-18(20(17)19)24-12-14-7-9-23-10-8-14/h1-7,9,11,13,24-25H,8,10,12H2,(H,26,27). The number of dihydropyridines is 1. The van der Waals surface area contributed by atoms with Crippen molar-refractivity contribution in [2.24, 2.45) is 4.99 Å². The van der Waals surface area contributed by atoms with Crippen LogP contribution >= 0.6 is 11.6 Å². The van der Waals surface area contributed by atoms with E-state index < -0.39 is 0 Å². The normalized spacial score (nSPS) is 13.4. The van der Waals surface area contributed by atoms with Gasteiger partial charge in [-0.15, -0.1) is 0 Å². The van der Waals surface area contributed by atoms with E-state index in [1.807, 2.05) is 36.6 Å². The van der Waals surface area contributed by atoms with E-state index >= 15 is 0 Å². The van der Waals surface area contributed by atoms with Crippen molar-refractivity contribution >= 4 is 46.0 Å². The fourth-order valence-corrected chi connectivity index (χ4v) is 3.35. The number of hydrogen-bond acceptors (Lipinski definition) is 3. The number of aromatic amines is 1. The summed E-state index contributed by atoms with van der Waals surface area (Å²) in [6, 6.07) is 13.0. The Morgan fingerprint density at radius 1 is 1.22 bits per heavy atom. The summed E-state index contributed by atoms with van der Waals surface area (Å²) < 4.78 is 0. The van der Waals surface area contributed by atoms with Crippen LogP contribution in [0.1, 0.15) is 16.8 Å². The second-order valence-electron chi connectivity index (χ2n) is 6.38. The molecule has 0 fully saturated rings. The first kappa shape index (κ1) is 17.4. The van der Waals surface area contributed by atoms with Gasteiger partial charge in [0.15, 0.2) is 0 Å². The highest BCUT2D eigenvalue weighted by atomic mass is 35.5. The number of anilines is 2. The van der Waals surface area contributed by atoms with Gasteiger partial charge in [-0.2, -0.15) is 0 Å². The average Bonchev–Trinajstić information content (AvgIpc) is 3.12. The molecule has 27 heavy (non-hydrogen) atoms. The molecule has 0 radical (unpaired) electrons. The quantitative estimate of drug-likeness (QED) is 0.591. The third-order valence-electron chi connectivity index (χ3n) is 4.52. The predicted molar refractivity (Wildman–Crippen MR) is 112 cm³/mol. The molecule has 0 spiro atoms. The van der Waals surface area contributed by atoms with Gasteiger partial charge in [-0.25, -0.2) is 0 Å². The molecule has 136 valence electrons. The van der Waals surface area contributed by atoms with Crippen molar-refractivity contribution in [3.05, 3.63) is 70.9 Å². The van der Waals surface area contributed by atoms with E-state index in [1.165, 1.54) is 5.57 Å². The number of fused-ring (bicyclic) bond motifs is 1. The first-order chi connectivity index (χ1) is 13.2. The summed E-state index contributed by atoms with van der Waals surface area (Å²) in [5.41, 5.74) is 4.39. The van der Waals surface area contributed by atoms with Gasteiger partial charge in [-0.1, -0.05) is 23.7 Å². The lowest BCUT2D eigenvalue weighted by molar-refractivity contribution is 0.102. The molecule has 2 aromatic carbocycles. The molecule has 0 saturated carbocycles. The Bertz CT molecular complexity index is 1050. The van der Waals surface area contributed by atoms with Gasteiger partial charge in [0.2, 0.25) is 0 Å². The number of aromatic nitrogens is 1. The van der Waals surface area contributed by atoms with E-state index in [2.05, 4.69) is 20.6 Å². The minimum Gasteiger partial charge on any atom is -0.381 e. The van der Waals surface area contributed by atoms with E-state index in [4.69, 9.17) is 11.6 Å². The van der Waals surface area contributed by atoms with Gasteiger partial charge >= 0.3 is 0 Å². The van der Waals surface area contributed by atoms with Crippen LogP contribution in [0.4, 0.5) is 11.4 Å². The van der Waals surface area contributed by atoms with Gasteiger partial charge in [-0.05, 0) is 48.4 Å². The molecule has 0 bridgehead atoms. The first-order valence-electron chi connectivity index (χ1n) is 8.79. The topological polar surface area (TPSA) is 69.3 Å². The highest BCUT2D eigenvalue weighted by Crippen LogP contribution is 2.28. The number of amides is 1. The zero-order valence-corrected chi connectivity index (χ0v) is 15.4. The van der Waals surface area contributed by atoms with Gasteiger partial charge in [-0.3, -0.25) is 9.79 Å². The van der Waals surface area contributed by atoms with Crippen molar-refractivity contribution in [1.29, 1.82) is 0 Å². The second-order valence-corrected chi connectivity index (χ2v) is 6.82. The summed E-state index contributed by atoms with van der Waals surface area (Å²) in [5, 5.41) is 7.83. The Kier molecular flexibility index (Phi) is 4.94. The zero-order valence-electron chi connectivity index (χ0n) is 14.6. The van der Waals surface area contributed by atoms with Crippen molar-refractivity contribution < 1.29 is 4.79 Å². The predicted octanol–water partition coefficient (Wildman–Crippen LogP) is 4.89. The van der Waals surface area contributed by atoms with E-state index in [0.29, 0.717) is 16.3 Å². The third kappa shape index (κ3) is 3.88. The molecule has 0 saturated heterocycles. The second kappa shape index (κ2) is 7.68. The molecule has 3 aromatic rings. The van der Waals surface area contributed by atoms with Crippen molar-refractivity contribution in [2.45, 2.75) is 6.42 Å². The van der Waals surface area contributed by atoms with Gasteiger partial charge in [0.25, 0.3) is 5.91 Å². The molecule has 0 unspecified atom stereocenters. The number of carbonyl (C=O) groups is 1. The number of rotatable bonds is 5. The molecule has 1 aromatic heterocycles. The molecule has 0 aliphatic carbocycles. The number of allylic oxidation sites excluding steroid dienone is 1. The molecular weight excluding hydrogens is 360 g/mol. The number of benzene rings is 2. The minimum absolute atomic E-state index is 0.179. The lowest BCUT2D eigenvalue weighted by atomic mass is 10.1. The number of H-pyrrole nitrogens is 1. The summed E-state index contributed by atoms with van der Waals surface area (Å²) in [6.07, 6.45) is 6.58. The van der Waals surface area contributed by atoms with E-state index in [-0.39, 0.29) is 5.91 Å². The van der Waals surface area contributed by atoms with Crippen LogP contribution in [-0.4, -0.2) is 30.2 Å². The molecule has 4 rings (SSSR count). The smallest absolute Gasteiger partial charge is 0.257 e. The molecule has 1 aliphatic rings. The van der Waals surface area contributed by atoms with Crippen LogP contribution in [0.5, 0.6) is 0 Å². The zero-order chi connectivity index (χ0) is 18.6. The van der Waals surface area contributed by atoms with Crippen LogP contribution < -0.4 is 10.6 Å². The number of carbonyl (C=O) groups excluding carboxylic acids is 1. The number of hydrogen-bond donors (Lipinski definition) is 3. The fourth-order valence-electron chi connectivity index (χ4n) is 3.16. The highest BCUT2D eigenvalue weighted by Gasteiger charge is 2.16. The van der Waals surface area contributed by atoms with Crippen molar-refractivity contribution in [2.75, 3.05) is 23.7 Å². The van der Waals surface area contributed by atoms with Crippen molar-refractivity contribution in [3.63, 3.8) is 0 Å². The first-order valence-corrected chi connectivity index (χ1v) is 9.17. The van der Waals surface area contributed by atoms with Crippen molar-refractivity contribution in [3.8, 4) is 0 Å². The van der Waals surface area contributed by atoms with Crippen LogP contribution in [0.25, 0.3) is 10.9 Å². The van der Waals surface area contributed by atoms with Crippen LogP contribution in [0.15, 0.2) is 65.3 Å². The Morgan fingerprint density at radius 2 is 2.11 bits per heavy atom. The van der Waals surface area contributed by atoms with Gasteiger partial charge in [0.05, 0.1) is 5.56 Å². The number of nitrogens with one attached hydrogen (secondary N) is 3. The Balaban J connectivity index is 1.60. The molecule has 1 amide bonds. The van der Waals surface area contributed by atoms with Gasteiger partial charge < -0.3 is 15.6 Å². The SMILES string of the molecule is O=C(Nc1cccc(Cl)c1)c1c[nH]c2cccc(NCC3=CC=NCC3)c12. The molecule has 1 aliphatic heterocycles. The molecule has 3 N–H and O–H groups in total. The number of nitrogens with zero attached hydrogens (tertiary/aromatic N) is 1. The summed E-state index contributed by atoms with van der Waals surface area (Å²) in [7, 11) is 0. The van der Waals surface area contributed by atoms with Gasteiger partial charge in [0, 0.05) is 52.8 Å². The van der Waals surface area contributed by atoms with E-state index in [9.17, 15) is 4.79 Å². The van der Waals surface area contributed by atoms with E-state index in [1.54, 1.807) is 24.4 Å². The number of aliphatic imine (C=N–C) groups is 1. The van der Waals surface area contributed by atoms with Gasteiger partial charge in [0.1, 0.15) is 0 Å². The van der Waals surface area contributed by atoms with E-state index in [0.717, 1.165) is 36.1 Å². The summed E-state index contributed by atoms with van der Waals surface area (Å²) in [4.78, 5) is 20.2. The third-order valence-corrected chi connectivity index (χ3v) is 4.75. The maximum absolute atomic E-state index is 12.8. The van der Waals surface area contributed by atoms with Crippen LogP contribution in [0, 0.1) is 0 Å². The largest absolute Gasteiger partial charge is 0.381 e. The lowest BCUT2D eigenvalue weighted by Crippen LogP contribution is -2.12. The van der Waals surface area contributed by atoms with Crippen molar-refractivity contribution in [1.82, 2.24) is 4.98 Å². The summed E-state index contributed by atoms with van der Waals surface area (Å²) >= 11 is 6.01. The average molecular weight is 379 g/mol. The summed E-state index contributed by atoms with van der Waals surface area (Å²) in [6.45, 7) is 1.56. The molecular formula is C21H19ClN4O. The fraction of sp³-hybridized carbons (Fsp3) is 0.143. The maximum Gasteiger partial charge on any atom is 0.257 e. The van der Waals surface area contributed by atoms with Crippen LogP contribution in [0.2, 0.25) is 5.02 Å². The van der Waals surface area contributed by atoms with Crippen LogP contribution in [0.3, 0.4) is 0 Å². The maximum atomic E-state index is 12.8. The number of halogens is 1. The molecule has 2 heterocycles. The Labute approximate surface area is 162 Å². The Morgan fingerprint density at radius 3 is 2.93 bits per heavy atom. The minimum atomic E-state index is -0.179. The highest BCUT2D eigenvalue weighted by molar-refractivity contribution is 6.31. The molecule has 0 atom stereocenters. The molecule has 6 heteroatoms.